The number of halogens is 3. The lowest BCUT2D eigenvalue weighted by molar-refractivity contribution is 0.110. The van der Waals surface area contributed by atoms with Crippen LogP contribution >= 0.6 is 24.0 Å². The number of ether oxygens (including phenoxy) is 1. The molecule has 27 heavy (non-hydrogen) atoms. The van der Waals surface area contributed by atoms with E-state index < -0.39 is 6.10 Å². The van der Waals surface area contributed by atoms with Gasteiger partial charge in [0.15, 0.2) is 5.96 Å². The van der Waals surface area contributed by atoms with Gasteiger partial charge in [-0.15, -0.1) is 24.0 Å². The Bertz CT molecular complexity index is 714. The van der Waals surface area contributed by atoms with E-state index in [1.165, 1.54) is 36.4 Å². The average Bonchev–Trinajstić information content (AvgIpc) is 2.63. The smallest absolute Gasteiger partial charge is 0.191 e. The molecule has 0 spiro atoms. The first-order valence-corrected chi connectivity index (χ1v) is 8.40. The number of hydrogen-bond acceptors (Lipinski definition) is 3. The molecule has 2 aromatic carbocycles. The number of aliphatic imine (C=N–C) groups is 1. The van der Waals surface area contributed by atoms with Crippen LogP contribution in [0.2, 0.25) is 0 Å². The second-order valence-corrected chi connectivity index (χ2v) is 5.62. The Labute approximate surface area is 174 Å². The number of hydrogen-bond donors (Lipinski definition) is 3. The average molecular weight is 491 g/mol. The summed E-state index contributed by atoms with van der Waals surface area (Å²) < 4.78 is 31.4. The van der Waals surface area contributed by atoms with Crippen LogP contribution in [-0.2, 0) is 6.54 Å². The van der Waals surface area contributed by atoms with E-state index in [0.29, 0.717) is 24.8 Å². The number of aliphatic hydroxyl groups is 1. The van der Waals surface area contributed by atoms with Crippen LogP contribution < -0.4 is 15.4 Å². The lowest BCUT2D eigenvalue weighted by Gasteiger charge is -2.16. The minimum atomic E-state index is -0.780. The van der Waals surface area contributed by atoms with Crippen LogP contribution in [0.4, 0.5) is 8.78 Å². The minimum absolute atomic E-state index is 0. The van der Waals surface area contributed by atoms with Gasteiger partial charge in [-0.25, -0.2) is 13.8 Å². The van der Waals surface area contributed by atoms with Crippen molar-refractivity contribution in [3.63, 3.8) is 0 Å². The van der Waals surface area contributed by atoms with Crippen molar-refractivity contribution in [2.75, 3.05) is 19.7 Å². The van der Waals surface area contributed by atoms with Crippen LogP contribution in [0.1, 0.15) is 12.5 Å². The second kappa shape index (κ2) is 12.4. The van der Waals surface area contributed by atoms with Crippen LogP contribution in [0.3, 0.4) is 0 Å². The maximum absolute atomic E-state index is 13.2. The van der Waals surface area contributed by atoms with Crippen molar-refractivity contribution in [3.8, 4) is 5.75 Å². The summed E-state index contributed by atoms with van der Waals surface area (Å²) in [7, 11) is 0. The van der Waals surface area contributed by atoms with Gasteiger partial charge in [0, 0.05) is 13.1 Å². The van der Waals surface area contributed by atoms with Crippen molar-refractivity contribution in [1.82, 2.24) is 10.6 Å². The molecule has 0 aliphatic heterocycles. The Morgan fingerprint density at radius 1 is 1.11 bits per heavy atom. The minimum Gasteiger partial charge on any atom is -0.491 e. The summed E-state index contributed by atoms with van der Waals surface area (Å²) in [6.45, 7) is 3.16. The first kappa shape index (κ1) is 23.1. The highest BCUT2D eigenvalue weighted by molar-refractivity contribution is 14.0. The predicted molar refractivity (Wildman–Crippen MR) is 113 cm³/mol. The van der Waals surface area contributed by atoms with Crippen LogP contribution in [-0.4, -0.2) is 36.9 Å². The Morgan fingerprint density at radius 3 is 2.52 bits per heavy atom. The molecule has 0 amide bonds. The van der Waals surface area contributed by atoms with Crippen molar-refractivity contribution in [2.24, 2.45) is 4.99 Å². The fourth-order valence-electron chi connectivity index (χ4n) is 2.14. The van der Waals surface area contributed by atoms with Gasteiger partial charge in [-0.2, -0.15) is 0 Å². The van der Waals surface area contributed by atoms with E-state index in [1.807, 2.05) is 6.92 Å². The Balaban J connectivity index is 0.00000364. The zero-order valence-electron chi connectivity index (χ0n) is 15.0. The van der Waals surface area contributed by atoms with Crippen LogP contribution in [0, 0.1) is 11.6 Å². The van der Waals surface area contributed by atoms with Gasteiger partial charge in [0.2, 0.25) is 0 Å². The molecule has 1 atom stereocenters. The van der Waals surface area contributed by atoms with Crippen molar-refractivity contribution in [2.45, 2.75) is 19.6 Å². The molecular weight excluding hydrogens is 467 g/mol. The van der Waals surface area contributed by atoms with Gasteiger partial charge in [0.25, 0.3) is 0 Å². The number of rotatable bonds is 8. The topological polar surface area (TPSA) is 65.9 Å². The third-order valence-electron chi connectivity index (χ3n) is 3.41. The van der Waals surface area contributed by atoms with Gasteiger partial charge < -0.3 is 20.5 Å². The molecule has 5 nitrogen and oxygen atoms in total. The molecule has 2 aromatic rings. The van der Waals surface area contributed by atoms with E-state index in [-0.39, 0.29) is 48.8 Å². The quantitative estimate of drug-likeness (QED) is 0.302. The van der Waals surface area contributed by atoms with Gasteiger partial charge in [0.05, 0.1) is 6.54 Å². The van der Waals surface area contributed by atoms with E-state index >= 15 is 0 Å². The Hall–Kier alpha value is -1.94. The number of guanidine groups is 1. The highest BCUT2D eigenvalue weighted by Gasteiger charge is 2.07. The molecule has 0 aromatic heterocycles. The lowest BCUT2D eigenvalue weighted by atomic mass is 10.2. The summed E-state index contributed by atoms with van der Waals surface area (Å²) in [6.07, 6.45) is -0.780. The summed E-state index contributed by atoms with van der Waals surface area (Å²) >= 11 is 0. The third-order valence-corrected chi connectivity index (χ3v) is 3.41. The Morgan fingerprint density at radius 2 is 1.85 bits per heavy atom. The number of nitrogens with zero attached hydrogens (tertiary/aromatic N) is 1. The van der Waals surface area contributed by atoms with Gasteiger partial charge in [0.1, 0.15) is 30.1 Å². The largest absolute Gasteiger partial charge is 0.491 e. The van der Waals surface area contributed by atoms with Crippen molar-refractivity contribution in [1.29, 1.82) is 0 Å². The fraction of sp³-hybridized carbons (Fsp3) is 0.316. The standard InChI is InChI=1S/C19H23F2N3O2.HI/c1-2-22-19(23-11-14-4-3-5-16(21)10-14)24-12-17(25)13-26-18-8-6-15(20)7-9-18;/h3-10,17,25H,2,11-13H2,1H3,(H2,22,23,24);1H. The maximum atomic E-state index is 13.2. The van der Waals surface area contributed by atoms with E-state index in [1.54, 1.807) is 12.1 Å². The summed E-state index contributed by atoms with van der Waals surface area (Å²) in [5.41, 5.74) is 0.752. The first-order chi connectivity index (χ1) is 12.6. The fourth-order valence-corrected chi connectivity index (χ4v) is 2.14. The van der Waals surface area contributed by atoms with E-state index in [9.17, 15) is 13.9 Å². The molecule has 148 valence electrons. The molecule has 0 radical (unpaired) electrons. The maximum Gasteiger partial charge on any atom is 0.191 e. The summed E-state index contributed by atoms with van der Waals surface area (Å²) in [4.78, 5) is 4.36. The van der Waals surface area contributed by atoms with E-state index in [2.05, 4.69) is 15.6 Å². The third kappa shape index (κ3) is 9.00. The van der Waals surface area contributed by atoms with E-state index in [4.69, 9.17) is 4.74 Å². The molecule has 0 bridgehead atoms. The summed E-state index contributed by atoms with van der Waals surface area (Å²) in [6, 6.07) is 11.8. The summed E-state index contributed by atoms with van der Waals surface area (Å²) in [5.74, 6) is 0.350. The molecule has 0 fully saturated rings. The number of benzene rings is 2. The molecule has 0 aliphatic carbocycles. The zero-order valence-corrected chi connectivity index (χ0v) is 17.3. The van der Waals surface area contributed by atoms with Gasteiger partial charge in [-0.3, -0.25) is 0 Å². The molecule has 0 saturated carbocycles. The Kier molecular flexibility index (Phi) is 10.6. The molecule has 1 unspecified atom stereocenters. The molecule has 2 rings (SSSR count). The number of nitrogens with one attached hydrogen (secondary N) is 2. The highest BCUT2D eigenvalue weighted by Crippen LogP contribution is 2.11. The highest BCUT2D eigenvalue weighted by atomic mass is 127. The van der Waals surface area contributed by atoms with E-state index in [0.717, 1.165) is 5.56 Å². The van der Waals surface area contributed by atoms with Gasteiger partial charge >= 0.3 is 0 Å². The normalized spacial score (nSPS) is 12.1. The van der Waals surface area contributed by atoms with Crippen LogP contribution in [0.15, 0.2) is 53.5 Å². The molecule has 0 saturated heterocycles. The predicted octanol–water partition coefficient (Wildman–Crippen LogP) is 3.08. The monoisotopic (exact) mass is 491 g/mol. The zero-order chi connectivity index (χ0) is 18.8. The lowest BCUT2D eigenvalue weighted by Crippen LogP contribution is -2.42. The van der Waals surface area contributed by atoms with Gasteiger partial charge in [-0.1, -0.05) is 12.1 Å². The molecule has 0 aliphatic rings. The summed E-state index contributed by atoms with van der Waals surface area (Å²) in [5, 5.41) is 16.1. The molecule has 8 heteroatoms. The molecule has 3 N–H and O–H groups in total. The molecular formula is C19H24F2IN3O2. The van der Waals surface area contributed by atoms with Crippen LogP contribution in [0.5, 0.6) is 5.75 Å². The van der Waals surface area contributed by atoms with Crippen molar-refractivity contribution >= 4 is 29.9 Å². The second-order valence-electron chi connectivity index (χ2n) is 5.62. The van der Waals surface area contributed by atoms with Crippen molar-refractivity contribution in [3.05, 3.63) is 65.7 Å². The first-order valence-electron chi connectivity index (χ1n) is 8.40. The number of aliphatic hydroxyl groups excluding tert-OH is 1. The van der Waals surface area contributed by atoms with Gasteiger partial charge in [-0.05, 0) is 48.9 Å². The van der Waals surface area contributed by atoms with Crippen LogP contribution in [0.25, 0.3) is 0 Å². The SMILES string of the molecule is CCNC(=NCc1cccc(F)c1)NCC(O)COc1ccc(F)cc1.I. The van der Waals surface area contributed by atoms with Crippen molar-refractivity contribution < 1.29 is 18.6 Å². The molecule has 0 heterocycles.